The smallest absolute Gasteiger partial charge is 0.0303 e. The van der Waals surface area contributed by atoms with Gasteiger partial charge in [-0.15, -0.1) is 0 Å². The molecule has 0 atom stereocenters. The Kier molecular flexibility index (Phi) is 5.59. The van der Waals surface area contributed by atoms with Crippen molar-refractivity contribution >= 4 is 0 Å². The van der Waals surface area contributed by atoms with E-state index < -0.39 is 0 Å². The molecule has 1 saturated carbocycles. The van der Waals surface area contributed by atoms with Gasteiger partial charge in [-0.2, -0.15) is 0 Å². The van der Waals surface area contributed by atoms with Crippen molar-refractivity contribution in [1.82, 2.24) is 0 Å². The van der Waals surface area contributed by atoms with Gasteiger partial charge in [-0.25, -0.2) is 0 Å². The summed E-state index contributed by atoms with van der Waals surface area (Å²) in [5.41, 5.74) is 0.720. The molecule has 0 amide bonds. The van der Waals surface area contributed by atoms with Crippen molar-refractivity contribution in [2.24, 2.45) is 5.41 Å². The van der Waals surface area contributed by atoms with Gasteiger partial charge in [0.05, 0.1) is 0 Å². The zero-order valence-corrected chi connectivity index (χ0v) is 10.3. The summed E-state index contributed by atoms with van der Waals surface area (Å²) in [6.07, 6.45) is 16.2. The van der Waals surface area contributed by atoms with E-state index in [1.807, 2.05) is 0 Å². The van der Waals surface area contributed by atoms with Crippen LogP contribution in [0.15, 0.2) is 0 Å². The predicted molar refractivity (Wildman–Crippen MR) is 64.6 cm³/mol. The molecule has 0 bridgehead atoms. The summed E-state index contributed by atoms with van der Waals surface area (Å²) in [7, 11) is 0. The van der Waals surface area contributed by atoms with Crippen LogP contribution in [0.4, 0.5) is 0 Å². The Balaban J connectivity index is 2.44. The average Bonchev–Trinajstić information content (AvgIpc) is 2.26. The van der Waals surface area contributed by atoms with Crippen molar-refractivity contribution < 1.29 is 0 Å². The van der Waals surface area contributed by atoms with Crippen LogP contribution in [0.2, 0.25) is 0 Å². The van der Waals surface area contributed by atoms with Crippen LogP contribution >= 0.6 is 0 Å². The maximum Gasteiger partial charge on any atom is -0.0303 e. The molecule has 0 radical (unpaired) electrons. The zero-order valence-electron chi connectivity index (χ0n) is 10.3. The molecule has 0 heterocycles. The fraction of sp³-hybridized carbons (Fsp3) is 1.00. The minimum absolute atomic E-state index is 0.720. The van der Waals surface area contributed by atoms with Crippen LogP contribution < -0.4 is 0 Å². The van der Waals surface area contributed by atoms with Crippen LogP contribution in [-0.4, -0.2) is 0 Å². The average molecular weight is 196 g/mol. The molecule has 1 rings (SSSR count). The summed E-state index contributed by atoms with van der Waals surface area (Å²) >= 11 is 0. The Morgan fingerprint density at radius 2 is 1.00 bits per heavy atom. The van der Waals surface area contributed by atoms with Crippen LogP contribution in [0.3, 0.4) is 0 Å². The summed E-state index contributed by atoms with van der Waals surface area (Å²) in [6.45, 7) is 4.80. The fourth-order valence-corrected chi connectivity index (χ4v) is 2.97. The van der Waals surface area contributed by atoms with Crippen molar-refractivity contribution in [1.29, 1.82) is 0 Å². The third kappa shape index (κ3) is 3.63. The second-order valence-electron chi connectivity index (χ2n) is 5.18. The number of hydrogen-bond donors (Lipinski definition) is 0. The van der Waals surface area contributed by atoms with Crippen LogP contribution in [0.5, 0.6) is 0 Å². The molecule has 1 fully saturated rings. The second-order valence-corrected chi connectivity index (χ2v) is 5.18. The molecule has 0 saturated heterocycles. The number of rotatable bonds is 2. The van der Waals surface area contributed by atoms with E-state index in [2.05, 4.69) is 13.8 Å². The Bertz CT molecular complexity index is 121. The van der Waals surface area contributed by atoms with Crippen molar-refractivity contribution in [2.75, 3.05) is 0 Å². The van der Waals surface area contributed by atoms with E-state index >= 15 is 0 Å². The normalized spacial score (nSPS) is 24.4. The Labute approximate surface area is 90.5 Å². The lowest BCUT2D eigenvalue weighted by Crippen LogP contribution is -2.19. The fourth-order valence-electron chi connectivity index (χ4n) is 2.97. The first-order valence-corrected chi connectivity index (χ1v) is 6.83. The molecule has 0 unspecified atom stereocenters. The van der Waals surface area contributed by atoms with Gasteiger partial charge in [-0.05, 0) is 18.3 Å². The summed E-state index contributed by atoms with van der Waals surface area (Å²) < 4.78 is 0. The lowest BCUT2D eigenvalue weighted by atomic mass is 9.73. The van der Waals surface area contributed by atoms with E-state index in [4.69, 9.17) is 0 Å². The molecule has 0 nitrogen and oxygen atoms in total. The van der Waals surface area contributed by atoms with E-state index in [9.17, 15) is 0 Å². The highest BCUT2D eigenvalue weighted by Gasteiger charge is 2.24. The molecule has 0 N–H and O–H groups in total. The van der Waals surface area contributed by atoms with Crippen molar-refractivity contribution in [3.8, 4) is 0 Å². The molecule has 1 aliphatic rings. The number of hydrogen-bond acceptors (Lipinski definition) is 0. The standard InChI is InChI=1S/C14H28/c1-3-14(4-2)12-10-8-6-5-7-9-11-13-14/h3-13H2,1-2H3. The lowest BCUT2D eigenvalue weighted by molar-refractivity contribution is 0.198. The largest absolute Gasteiger partial charge is 0.0649 e. The van der Waals surface area contributed by atoms with Gasteiger partial charge in [0.15, 0.2) is 0 Å². The summed E-state index contributed by atoms with van der Waals surface area (Å²) in [5.74, 6) is 0. The molecular formula is C14H28. The molecular weight excluding hydrogens is 168 g/mol. The predicted octanol–water partition coefficient (Wildman–Crippen LogP) is 5.32. The molecule has 0 heteroatoms. The SMILES string of the molecule is CCC1(CC)CCCCCCCCC1. The van der Waals surface area contributed by atoms with Crippen molar-refractivity contribution in [3.63, 3.8) is 0 Å². The van der Waals surface area contributed by atoms with Crippen LogP contribution in [-0.2, 0) is 0 Å². The van der Waals surface area contributed by atoms with Crippen LogP contribution in [0, 0.1) is 5.41 Å². The van der Waals surface area contributed by atoms with Gasteiger partial charge in [0.2, 0.25) is 0 Å². The Hall–Kier alpha value is 0. The third-order valence-corrected chi connectivity index (χ3v) is 4.41. The third-order valence-electron chi connectivity index (χ3n) is 4.41. The van der Waals surface area contributed by atoms with Crippen molar-refractivity contribution in [3.05, 3.63) is 0 Å². The van der Waals surface area contributed by atoms with E-state index in [1.165, 1.54) is 70.6 Å². The summed E-state index contributed by atoms with van der Waals surface area (Å²) in [5, 5.41) is 0. The second kappa shape index (κ2) is 6.48. The summed E-state index contributed by atoms with van der Waals surface area (Å²) in [6, 6.07) is 0. The maximum atomic E-state index is 2.40. The van der Waals surface area contributed by atoms with E-state index in [-0.39, 0.29) is 0 Å². The van der Waals surface area contributed by atoms with E-state index in [0.29, 0.717) is 0 Å². The van der Waals surface area contributed by atoms with Gasteiger partial charge in [-0.1, -0.05) is 71.6 Å². The summed E-state index contributed by atoms with van der Waals surface area (Å²) in [4.78, 5) is 0. The highest BCUT2D eigenvalue weighted by Crippen LogP contribution is 2.38. The molecule has 84 valence electrons. The first-order chi connectivity index (χ1) is 6.83. The first-order valence-electron chi connectivity index (χ1n) is 6.83. The minimum Gasteiger partial charge on any atom is -0.0649 e. The minimum atomic E-state index is 0.720. The first kappa shape index (κ1) is 12.1. The van der Waals surface area contributed by atoms with Gasteiger partial charge in [0.1, 0.15) is 0 Å². The van der Waals surface area contributed by atoms with E-state index in [1.54, 1.807) is 0 Å². The highest BCUT2D eigenvalue weighted by atomic mass is 14.3. The topological polar surface area (TPSA) is 0 Å². The van der Waals surface area contributed by atoms with Crippen LogP contribution in [0.1, 0.15) is 84.5 Å². The Morgan fingerprint density at radius 3 is 1.36 bits per heavy atom. The van der Waals surface area contributed by atoms with E-state index in [0.717, 1.165) is 5.41 Å². The molecule has 14 heavy (non-hydrogen) atoms. The van der Waals surface area contributed by atoms with Gasteiger partial charge < -0.3 is 0 Å². The molecule has 0 aromatic carbocycles. The molecule has 1 aliphatic carbocycles. The molecule has 0 aromatic rings. The molecule has 0 aliphatic heterocycles. The van der Waals surface area contributed by atoms with Crippen LogP contribution in [0.25, 0.3) is 0 Å². The monoisotopic (exact) mass is 196 g/mol. The van der Waals surface area contributed by atoms with Gasteiger partial charge in [0, 0.05) is 0 Å². The highest BCUT2D eigenvalue weighted by molar-refractivity contribution is 4.77. The van der Waals surface area contributed by atoms with Crippen molar-refractivity contribution in [2.45, 2.75) is 84.5 Å². The molecule has 0 aromatic heterocycles. The zero-order chi connectivity index (χ0) is 10.3. The quantitative estimate of drug-likeness (QED) is 0.561. The molecule has 0 spiro atoms. The van der Waals surface area contributed by atoms with Gasteiger partial charge in [0.25, 0.3) is 0 Å². The lowest BCUT2D eigenvalue weighted by Gasteiger charge is -2.32. The Morgan fingerprint density at radius 1 is 0.643 bits per heavy atom. The maximum absolute atomic E-state index is 2.40. The van der Waals surface area contributed by atoms with Gasteiger partial charge in [-0.3, -0.25) is 0 Å². The van der Waals surface area contributed by atoms with Gasteiger partial charge >= 0.3 is 0 Å².